The van der Waals surface area contributed by atoms with Crippen molar-refractivity contribution in [3.63, 3.8) is 0 Å². The van der Waals surface area contributed by atoms with Gasteiger partial charge in [0.2, 0.25) is 5.88 Å². The lowest BCUT2D eigenvalue weighted by atomic mass is 9.86. The number of halogens is 1. The average molecular weight is 386 g/mol. The Hall–Kier alpha value is -2.21. The van der Waals surface area contributed by atoms with E-state index < -0.39 is 5.60 Å². The van der Waals surface area contributed by atoms with Gasteiger partial charge in [0, 0.05) is 19.6 Å². The van der Waals surface area contributed by atoms with E-state index in [1.165, 1.54) is 0 Å². The fourth-order valence-electron chi connectivity index (χ4n) is 3.51. The minimum absolute atomic E-state index is 0. The Morgan fingerprint density at radius 3 is 2.52 bits per heavy atom. The molecule has 2 heterocycles. The lowest BCUT2D eigenvalue weighted by molar-refractivity contribution is -0.104. The molecule has 3 aromatic rings. The summed E-state index contributed by atoms with van der Waals surface area (Å²) in [6, 6.07) is 17.8. The molecule has 1 saturated heterocycles. The molecule has 0 aliphatic carbocycles. The van der Waals surface area contributed by atoms with E-state index in [1.807, 2.05) is 61.5 Å². The van der Waals surface area contributed by atoms with Crippen molar-refractivity contribution < 1.29 is 9.84 Å². The minimum Gasteiger partial charge on any atom is -0.477 e. The van der Waals surface area contributed by atoms with Crippen molar-refractivity contribution in [1.29, 1.82) is 0 Å². The first-order valence-corrected chi connectivity index (χ1v) is 9.00. The second-order valence-electron chi connectivity index (χ2n) is 6.90. The number of hydrogen-bond donors (Lipinski definition) is 1. The molecule has 142 valence electrons. The van der Waals surface area contributed by atoms with Crippen molar-refractivity contribution >= 4 is 23.3 Å². The number of nitrogens with zero attached hydrogens (tertiary/aromatic N) is 3. The molecular formula is C21H24ClN3O2. The molecule has 0 radical (unpaired) electrons. The fourth-order valence-corrected chi connectivity index (χ4v) is 3.51. The second-order valence-corrected chi connectivity index (χ2v) is 6.90. The van der Waals surface area contributed by atoms with Crippen molar-refractivity contribution in [1.82, 2.24) is 14.9 Å². The maximum atomic E-state index is 10.6. The number of aliphatic hydroxyl groups is 1. The summed E-state index contributed by atoms with van der Waals surface area (Å²) < 4.78 is 5.92. The van der Waals surface area contributed by atoms with Gasteiger partial charge in [-0.3, -0.25) is 4.90 Å². The number of hydrogen-bond acceptors (Lipinski definition) is 5. The van der Waals surface area contributed by atoms with Crippen molar-refractivity contribution in [3.05, 3.63) is 66.0 Å². The van der Waals surface area contributed by atoms with E-state index in [9.17, 15) is 5.11 Å². The number of β-amino-alcohol motifs (C(OH)–C–C–N with tert-alkyl or cyclic N) is 1. The number of aryl methyl sites for hydroxylation is 1. The summed E-state index contributed by atoms with van der Waals surface area (Å²) in [4.78, 5) is 11.1. The molecule has 2 aromatic carbocycles. The lowest BCUT2D eigenvalue weighted by Crippen LogP contribution is -2.59. The Morgan fingerprint density at radius 2 is 1.74 bits per heavy atom. The van der Waals surface area contributed by atoms with E-state index in [1.54, 1.807) is 0 Å². The van der Waals surface area contributed by atoms with E-state index in [0.29, 0.717) is 25.6 Å². The highest BCUT2D eigenvalue weighted by Crippen LogP contribution is 2.31. The molecule has 4 rings (SSSR count). The SMILES string of the molecule is Cc1nc(OCCCN2CC(O)(c3ccccc3)C2)c2ccccc2n1.Cl. The smallest absolute Gasteiger partial charge is 0.224 e. The highest BCUT2D eigenvalue weighted by atomic mass is 35.5. The zero-order valence-corrected chi connectivity index (χ0v) is 16.2. The van der Waals surface area contributed by atoms with Crippen LogP contribution in [0.15, 0.2) is 54.6 Å². The highest BCUT2D eigenvalue weighted by Gasteiger charge is 2.41. The largest absolute Gasteiger partial charge is 0.477 e. The number of benzene rings is 2. The predicted molar refractivity (Wildman–Crippen MR) is 108 cm³/mol. The van der Waals surface area contributed by atoms with Crippen LogP contribution in [-0.2, 0) is 5.60 Å². The third-order valence-electron chi connectivity index (χ3n) is 4.82. The second kappa shape index (κ2) is 8.21. The van der Waals surface area contributed by atoms with E-state index in [-0.39, 0.29) is 12.4 Å². The molecule has 1 aromatic heterocycles. The summed E-state index contributed by atoms with van der Waals surface area (Å²) in [6.45, 7) is 4.72. The molecule has 1 fully saturated rings. The van der Waals surface area contributed by atoms with Crippen LogP contribution in [0.2, 0.25) is 0 Å². The van der Waals surface area contributed by atoms with Crippen LogP contribution in [0.25, 0.3) is 10.9 Å². The van der Waals surface area contributed by atoms with Crippen LogP contribution in [0, 0.1) is 6.92 Å². The summed E-state index contributed by atoms with van der Waals surface area (Å²) in [5.74, 6) is 1.37. The van der Waals surface area contributed by atoms with Crippen LogP contribution >= 0.6 is 12.4 Å². The van der Waals surface area contributed by atoms with Gasteiger partial charge in [0.15, 0.2) is 0 Å². The normalized spacial score (nSPS) is 15.8. The molecule has 0 bridgehead atoms. The van der Waals surface area contributed by atoms with Gasteiger partial charge in [-0.2, -0.15) is 4.98 Å². The monoisotopic (exact) mass is 385 g/mol. The number of para-hydroxylation sites is 1. The van der Waals surface area contributed by atoms with Gasteiger partial charge >= 0.3 is 0 Å². The number of rotatable bonds is 6. The predicted octanol–water partition coefficient (Wildman–Crippen LogP) is 3.33. The summed E-state index contributed by atoms with van der Waals surface area (Å²) >= 11 is 0. The number of ether oxygens (including phenoxy) is 1. The fraction of sp³-hybridized carbons (Fsp3) is 0.333. The highest BCUT2D eigenvalue weighted by molar-refractivity contribution is 5.85. The molecule has 1 aliphatic rings. The molecule has 5 nitrogen and oxygen atoms in total. The van der Waals surface area contributed by atoms with Crippen LogP contribution in [0.4, 0.5) is 0 Å². The van der Waals surface area contributed by atoms with Crippen LogP contribution in [0.3, 0.4) is 0 Å². The van der Waals surface area contributed by atoms with E-state index in [2.05, 4.69) is 14.9 Å². The zero-order chi connectivity index (χ0) is 18.0. The first kappa shape index (κ1) is 19.5. The van der Waals surface area contributed by atoms with Gasteiger partial charge < -0.3 is 9.84 Å². The first-order chi connectivity index (χ1) is 12.6. The van der Waals surface area contributed by atoms with Gasteiger partial charge in [0.25, 0.3) is 0 Å². The topological polar surface area (TPSA) is 58.5 Å². The van der Waals surface area contributed by atoms with E-state index >= 15 is 0 Å². The minimum atomic E-state index is -0.706. The van der Waals surface area contributed by atoms with Gasteiger partial charge in [-0.05, 0) is 31.0 Å². The van der Waals surface area contributed by atoms with Crippen LogP contribution < -0.4 is 4.74 Å². The Morgan fingerprint density at radius 1 is 1.04 bits per heavy atom. The Kier molecular flexibility index (Phi) is 5.95. The zero-order valence-electron chi connectivity index (χ0n) is 15.3. The Bertz CT molecular complexity index is 898. The molecule has 0 unspecified atom stereocenters. The van der Waals surface area contributed by atoms with E-state index in [4.69, 9.17) is 4.74 Å². The summed E-state index contributed by atoms with van der Waals surface area (Å²) in [6.07, 6.45) is 0.891. The third-order valence-corrected chi connectivity index (χ3v) is 4.82. The van der Waals surface area contributed by atoms with E-state index in [0.717, 1.165) is 35.3 Å². The number of likely N-dealkylation sites (tertiary alicyclic amines) is 1. The standard InChI is InChI=1S/C21H23N3O2.ClH/c1-16-22-19-11-6-5-10-18(19)20(23-16)26-13-7-12-24-14-21(25,15-24)17-8-3-2-4-9-17;/h2-6,8-11,25H,7,12-15H2,1H3;1H. The molecule has 1 aliphatic heterocycles. The maximum Gasteiger partial charge on any atom is 0.224 e. The molecule has 0 saturated carbocycles. The van der Waals surface area contributed by atoms with Crippen molar-refractivity contribution in [2.24, 2.45) is 0 Å². The Labute approximate surface area is 165 Å². The first-order valence-electron chi connectivity index (χ1n) is 9.00. The maximum absolute atomic E-state index is 10.6. The third kappa shape index (κ3) is 4.21. The number of fused-ring (bicyclic) bond motifs is 1. The Balaban J connectivity index is 0.00000210. The van der Waals surface area contributed by atoms with Gasteiger partial charge in [0.05, 0.1) is 17.5 Å². The summed E-state index contributed by atoms with van der Waals surface area (Å²) in [7, 11) is 0. The van der Waals surface area contributed by atoms with Gasteiger partial charge in [-0.25, -0.2) is 4.98 Å². The van der Waals surface area contributed by atoms with Gasteiger partial charge in [-0.1, -0.05) is 42.5 Å². The molecular weight excluding hydrogens is 362 g/mol. The van der Waals surface area contributed by atoms with Crippen LogP contribution in [0.5, 0.6) is 5.88 Å². The van der Waals surface area contributed by atoms with Crippen LogP contribution in [0.1, 0.15) is 17.8 Å². The number of aromatic nitrogens is 2. The lowest BCUT2D eigenvalue weighted by Gasteiger charge is -2.47. The van der Waals surface area contributed by atoms with Crippen molar-refractivity contribution in [2.45, 2.75) is 18.9 Å². The van der Waals surface area contributed by atoms with Crippen molar-refractivity contribution in [3.8, 4) is 5.88 Å². The van der Waals surface area contributed by atoms with Crippen molar-refractivity contribution in [2.75, 3.05) is 26.2 Å². The molecule has 27 heavy (non-hydrogen) atoms. The summed E-state index contributed by atoms with van der Waals surface area (Å²) in [5, 5.41) is 11.6. The molecule has 0 atom stereocenters. The average Bonchev–Trinajstić information content (AvgIpc) is 2.63. The molecule has 1 N–H and O–H groups in total. The summed E-state index contributed by atoms with van der Waals surface area (Å²) in [5.41, 5.74) is 1.20. The molecule has 6 heteroatoms. The molecule has 0 spiro atoms. The van der Waals surface area contributed by atoms with Gasteiger partial charge in [0.1, 0.15) is 11.4 Å². The van der Waals surface area contributed by atoms with Gasteiger partial charge in [-0.15, -0.1) is 12.4 Å². The van der Waals surface area contributed by atoms with Crippen LogP contribution in [-0.4, -0.2) is 46.2 Å². The molecule has 0 amide bonds. The quantitative estimate of drug-likeness (QED) is 0.659.